The Hall–Kier alpha value is -2.81. The Morgan fingerprint density at radius 3 is 2.58 bits per heavy atom. The number of benzene rings is 1. The highest BCUT2D eigenvalue weighted by molar-refractivity contribution is 6.00. The second-order valence-corrected chi connectivity index (χ2v) is 10.8. The van der Waals surface area contributed by atoms with E-state index < -0.39 is 0 Å². The third-order valence-electron chi connectivity index (χ3n) is 7.61. The Labute approximate surface area is 213 Å². The minimum atomic E-state index is -0.386. The molecule has 0 unspecified atom stereocenters. The number of carbonyl (C=O) groups is 3. The molecule has 2 fully saturated rings. The molecule has 1 aromatic carbocycles. The minimum absolute atomic E-state index is 0.0353. The van der Waals surface area contributed by atoms with Crippen molar-refractivity contribution in [3.63, 3.8) is 0 Å². The molecule has 1 aromatic rings. The summed E-state index contributed by atoms with van der Waals surface area (Å²) in [5.41, 5.74) is 0.892. The van der Waals surface area contributed by atoms with E-state index >= 15 is 0 Å². The van der Waals surface area contributed by atoms with Crippen molar-refractivity contribution in [2.24, 2.45) is 11.8 Å². The van der Waals surface area contributed by atoms with E-state index in [0.717, 1.165) is 38.5 Å². The van der Waals surface area contributed by atoms with E-state index in [1.807, 2.05) is 13.8 Å². The van der Waals surface area contributed by atoms with E-state index in [9.17, 15) is 19.5 Å². The molecule has 36 heavy (non-hydrogen) atoms. The largest absolute Gasteiger partial charge is 0.487 e. The molecule has 9 nitrogen and oxygen atoms in total. The number of aliphatic hydroxyl groups is 1. The topological polar surface area (TPSA) is 111 Å². The van der Waals surface area contributed by atoms with E-state index in [-0.39, 0.29) is 54.5 Å². The van der Waals surface area contributed by atoms with Crippen LogP contribution in [0.25, 0.3) is 0 Å². The number of likely N-dealkylation sites (N-methyl/N-ethyl adjacent to an activating group) is 1. The molecule has 0 bridgehead atoms. The average molecular weight is 501 g/mol. The van der Waals surface area contributed by atoms with Crippen LogP contribution in [0.4, 0.5) is 10.5 Å². The molecular weight excluding hydrogens is 460 g/mol. The fourth-order valence-corrected chi connectivity index (χ4v) is 4.99. The number of nitrogens with one attached hydrogen (secondary N) is 2. The zero-order valence-electron chi connectivity index (χ0n) is 21.7. The Balaban J connectivity index is 1.53. The number of rotatable bonds is 7. The van der Waals surface area contributed by atoms with Gasteiger partial charge in [0.25, 0.3) is 5.91 Å². The van der Waals surface area contributed by atoms with Crippen LogP contribution in [0.3, 0.4) is 0 Å². The average Bonchev–Trinajstić information content (AvgIpc) is 3.72. The predicted octanol–water partition coefficient (Wildman–Crippen LogP) is 3.23. The maximum Gasteiger partial charge on any atom is 0.317 e. The molecule has 198 valence electrons. The maximum atomic E-state index is 13.5. The van der Waals surface area contributed by atoms with E-state index in [1.165, 1.54) is 6.42 Å². The fraction of sp³-hybridized carbons (Fsp3) is 0.667. The first kappa shape index (κ1) is 26.3. The van der Waals surface area contributed by atoms with Gasteiger partial charge >= 0.3 is 6.03 Å². The number of urea groups is 1. The van der Waals surface area contributed by atoms with Crippen LogP contribution in [0, 0.1) is 11.8 Å². The highest BCUT2D eigenvalue weighted by Crippen LogP contribution is 2.33. The molecule has 9 heteroatoms. The molecule has 3 aliphatic rings. The van der Waals surface area contributed by atoms with Gasteiger partial charge in [0, 0.05) is 37.2 Å². The van der Waals surface area contributed by atoms with Crippen LogP contribution >= 0.6 is 0 Å². The van der Waals surface area contributed by atoms with Crippen molar-refractivity contribution in [2.45, 2.75) is 77.0 Å². The van der Waals surface area contributed by atoms with Crippen LogP contribution < -0.4 is 15.4 Å². The van der Waals surface area contributed by atoms with Crippen LogP contribution in [0.5, 0.6) is 5.75 Å². The summed E-state index contributed by atoms with van der Waals surface area (Å²) < 4.78 is 6.37. The monoisotopic (exact) mass is 500 g/mol. The van der Waals surface area contributed by atoms with Crippen molar-refractivity contribution in [2.75, 3.05) is 32.1 Å². The number of hydrogen-bond acceptors (Lipinski definition) is 5. The number of aliphatic hydroxyl groups excluding tert-OH is 1. The fourth-order valence-electron chi connectivity index (χ4n) is 4.99. The van der Waals surface area contributed by atoms with Gasteiger partial charge in [-0.25, -0.2) is 4.79 Å². The van der Waals surface area contributed by atoms with Crippen LogP contribution in [-0.2, 0) is 4.79 Å². The number of ether oxygens (including phenoxy) is 1. The van der Waals surface area contributed by atoms with Gasteiger partial charge in [0.15, 0.2) is 0 Å². The number of carbonyl (C=O) groups excluding carboxylic acids is 3. The molecular formula is C27H40N4O5. The van der Waals surface area contributed by atoms with Crippen molar-refractivity contribution in [1.82, 2.24) is 15.1 Å². The lowest BCUT2D eigenvalue weighted by Crippen LogP contribution is -2.52. The van der Waals surface area contributed by atoms with Gasteiger partial charge in [-0.15, -0.1) is 0 Å². The van der Waals surface area contributed by atoms with E-state index in [4.69, 9.17) is 4.74 Å². The molecule has 1 heterocycles. The van der Waals surface area contributed by atoms with E-state index in [1.54, 1.807) is 35.0 Å². The number of anilines is 1. The summed E-state index contributed by atoms with van der Waals surface area (Å²) in [7, 11) is 1.77. The lowest BCUT2D eigenvalue weighted by atomic mass is 9.96. The summed E-state index contributed by atoms with van der Waals surface area (Å²) in [6.07, 6.45) is 6.96. The van der Waals surface area contributed by atoms with Crippen LogP contribution in [0.15, 0.2) is 18.2 Å². The van der Waals surface area contributed by atoms with Gasteiger partial charge in [0.2, 0.25) is 5.91 Å². The van der Waals surface area contributed by atoms with Gasteiger partial charge < -0.3 is 30.3 Å². The van der Waals surface area contributed by atoms with E-state index in [0.29, 0.717) is 30.1 Å². The van der Waals surface area contributed by atoms with Gasteiger partial charge in [0.1, 0.15) is 11.9 Å². The summed E-state index contributed by atoms with van der Waals surface area (Å²) in [5, 5.41) is 15.9. The highest BCUT2D eigenvalue weighted by Gasteiger charge is 2.35. The van der Waals surface area contributed by atoms with E-state index in [2.05, 4.69) is 10.6 Å². The van der Waals surface area contributed by atoms with Crippen LogP contribution in [0.1, 0.15) is 69.2 Å². The Morgan fingerprint density at radius 2 is 1.92 bits per heavy atom. The summed E-state index contributed by atoms with van der Waals surface area (Å²) in [6.45, 7) is 4.37. The van der Waals surface area contributed by atoms with Gasteiger partial charge in [-0.05, 0) is 50.8 Å². The predicted molar refractivity (Wildman–Crippen MR) is 137 cm³/mol. The highest BCUT2D eigenvalue weighted by atomic mass is 16.5. The van der Waals surface area contributed by atoms with Crippen molar-refractivity contribution in [1.29, 1.82) is 0 Å². The maximum absolute atomic E-state index is 13.5. The van der Waals surface area contributed by atoms with Crippen molar-refractivity contribution < 1.29 is 24.2 Å². The Morgan fingerprint density at radius 1 is 1.19 bits per heavy atom. The Kier molecular flexibility index (Phi) is 8.39. The third kappa shape index (κ3) is 6.30. The molecule has 2 aliphatic carbocycles. The molecule has 4 amide bonds. The zero-order valence-corrected chi connectivity index (χ0v) is 21.7. The van der Waals surface area contributed by atoms with Gasteiger partial charge in [0.05, 0.1) is 24.8 Å². The van der Waals surface area contributed by atoms with Crippen molar-refractivity contribution >= 4 is 23.5 Å². The molecule has 3 N–H and O–H groups in total. The first-order valence-electron chi connectivity index (χ1n) is 13.3. The smallest absolute Gasteiger partial charge is 0.317 e. The molecule has 0 spiro atoms. The molecule has 0 aromatic heterocycles. The van der Waals surface area contributed by atoms with Gasteiger partial charge in [-0.3, -0.25) is 9.59 Å². The standard InChI is InChI=1S/C27H40N4O5/c1-17-14-31(18(2)16-32)26(34)22-13-21(28-25(33)19-9-10-19)11-12-23(22)36-24(17)15-30(3)27(35)29-20-7-5-4-6-8-20/h11-13,17-20,24,32H,4-10,14-16H2,1-3H3,(H,28,33)(H,29,35)/t17-,18+,24-/m0/s1. The summed E-state index contributed by atoms with van der Waals surface area (Å²) in [5.74, 6) is 0.0903. The molecule has 0 saturated heterocycles. The quantitative estimate of drug-likeness (QED) is 0.532. The number of amides is 4. The summed E-state index contributed by atoms with van der Waals surface area (Å²) in [6, 6.07) is 4.83. The first-order valence-corrected chi connectivity index (χ1v) is 13.3. The van der Waals surface area contributed by atoms with Crippen LogP contribution in [-0.4, -0.2) is 77.7 Å². The molecule has 1 aliphatic heterocycles. The summed E-state index contributed by atoms with van der Waals surface area (Å²) >= 11 is 0. The first-order chi connectivity index (χ1) is 17.3. The van der Waals surface area contributed by atoms with Gasteiger partial charge in [-0.2, -0.15) is 0 Å². The lowest BCUT2D eigenvalue weighted by Gasteiger charge is -2.38. The molecule has 2 saturated carbocycles. The molecule has 4 rings (SSSR count). The number of nitrogens with zero attached hydrogens (tertiary/aromatic N) is 2. The second-order valence-electron chi connectivity index (χ2n) is 10.8. The number of hydrogen-bond donors (Lipinski definition) is 3. The SMILES string of the molecule is C[C@H](CO)N1C[C@H](C)[C@H](CN(C)C(=O)NC2CCCCC2)Oc2ccc(NC(=O)C3CC3)cc2C1=O. The van der Waals surface area contributed by atoms with Crippen molar-refractivity contribution in [3.8, 4) is 5.75 Å². The molecule has 0 radical (unpaired) electrons. The van der Waals surface area contributed by atoms with Gasteiger partial charge in [-0.1, -0.05) is 26.2 Å². The number of fused-ring (bicyclic) bond motifs is 1. The van der Waals surface area contributed by atoms with Crippen LogP contribution in [0.2, 0.25) is 0 Å². The summed E-state index contributed by atoms with van der Waals surface area (Å²) in [4.78, 5) is 42.0. The normalized spacial score (nSPS) is 23.6. The second kappa shape index (κ2) is 11.5. The third-order valence-corrected chi connectivity index (χ3v) is 7.61. The lowest BCUT2D eigenvalue weighted by molar-refractivity contribution is -0.117. The zero-order chi connectivity index (χ0) is 25.8. The minimum Gasteiger partial charge on any atom is -0.487 e. The van der Waals surface area contributed by atoms with Crippen molar-refractivity contribution in [3.05, 3.63) is 23.8 Å². The molecule has 3 atom stereocenters. The Bertz CT molecular complexity index is 959.